The molecule has 0 amide bonds. The zero-order valence-electron chi connectivity index (χ0n) is 19.6. The maximum Gasteiger partial charge on any atom is 0.127 e. The molecular formula is C28H44O. The average Bonchev–Trinajstić information content (AvgIpc) is 3.08. The van der Waals surface area contributed by atoms with Crippen LogP contribution in [0.2, 0.25) is 0 Å². The fourth-order valence-corrected chi connectivity index (χ4v) is 9.13. The molecule has 0 bridgehead atoms. The van der Waals surface area contributed by atoms with Crippen molar-refractivity contribution in [1.29, 1.82) is 0 Å². The Kier molecular flexibility index (Phi) is 5.93. The zero-order valence-corrected chi connectivity index (χ0v) is 19.6. The van der Waals surface area contributed by atoms with Gasteiger partial charge in [-0.15, -0.1) is 0 Å². The lowest BCUT2D eigenvalue weighted by atomic mass is 9.44. The van der Waals surface area contributed by atoms with Crippen LogP contribution < -0.4 is 0 Å². The van der Waals surface area contributed by atoms with Crippen LogP contribution in [0.15, 0.2) is 17.7 Å². The fraction of sp³-hybridized carbons (Fsp3) is 0.857. The monoisotopic (exact) mass is 396 g/mol. The van der Waals surface area contributed by atoms with Crippen LogP contribution in [0.5, 0.6) is 0 Å². The minimum atomic E-state index is 0.551. The van der Waals surface area contributed by atoms with Gasteiger partial charge in [-0.2, -0.15) is 0 Å². The van der Waals surface area contributed by atoms with Gasteiger partial charge in [0.05, 0.1) is 0 Å². The van der Waals surface area contributed by atoms with Crippen molar-refractivity contribution in [3.8, 4) is 0 Å². The van der Waals surface area contributed by atoms with Gasteiger partial charge < -0.3 is 0 Å². The molecule has 1 nitrogen and oxygen atoms in total. The predicted molar refractivity (Wildman–Crippen MR) is 122 cm³/mol. The SMILES string of the molecule is C=C(CC[C@@H](C)[C@H]1CC[C@H]2[C@@H]3CCC4CCCC[C@]4(C)[C@H]3CC[C@]12C)C(C)=C=O. The van der Waals surface area contributed by atoms with Gasteiger partial charge in [-0.3, -0.25) is 0 Å². The first-order chi connectivity index (χ1) is 13.8. The lowest BCUT2D eigenvalue weighted by Gasteiger charge is -2.61. The molecule has 8 atom stereocenters. The number of hydrogen-bond acceptors (Lipinski definition) is 1. The lowest BCUT2D eigenvalue weighted by molar-refractivity contribution is -0.114. The van der Waals surface area contributed by atoms with E-state index in [1.807, 2.05) is 12.9 Å². The summed E-state index contributed by atoms with van der Waals surface area (Å²) in [4.78, 5) is 10.9. The van der Waals surface area contributed by atoms with Gasteiger partial charge in [-0.1, -0.05) is 40.2 Å². The molecule has 4 rings (SSSR count). The number of allylic oxidation sites excluding steroid dienone is 2. The van der Waals surface area contributed by atoms with Gasteiger partial charge in [0.1, 0.15) is 5.94 Å². The van der Waals surface area contributed by atoms with Gasteiger partial charge in [0.15, 0.2) is 0 Å². The van der Waals surface area contributed by atoms with E-state index in [0.717, 1.165) is 47.5 Å². The molecule has 0 saturated heterocycles. The predicted octanol–water partition coefficient (Wildman–Crippen LogP) is 7.79. The molecule has 1 unspecified atom stereocenters. The van der Waals surface area contributed by atoms with Gasteiger partial charge in [-0.25, -0.2) is 4.79 Å². The van der Waals surface area contributed by atoms with Crippen LogP contribution in [-0.4, -0.2) is 5.94 Å². The van der Waals surface area contributed by atoms with Crippen molar-refractivity contribution in [3.05, 3.63) is 17.7 Å². The van der Waals surface area contributed by atoms with E-state index in [1.165, 1.54) is 70.6 Å². The van der Waals surface area contributed by atoms with Crippen molar-refractivity contribution in [2.24, 2.45) is 46.3 Å². The Bertz CT molecular complexity index is 684. The van der Waals surface area contributed by atoms with Crippen molar-refractivity contribution < 1.29 is 4.79 Å². The minimum absolute atomic E-state index is 0.551. The fourth-order valence-electron chi connectivity index (χ4n) is 9.13. The standard InChI is InChI=1S/C28H44O/c1-19(21(3)18-29)9-10-20(2)24-13-14-25-23-12-11-22-8-6-7-16-27(22,4)26(23)15-17-28(24,25)5/h20,22-26H,1,6-17H2,2-5H3/t20-,22?,23+,24-,25+,26+,27+,28-/m1/s1. The molecule has 162 valence electrons. The Morgan fingerprint density at radius 2 is 1.76 bits per heavy atom. The van der Waals surface area contributed by atoms with E-state index in [4.69, 9.17) is 0 Å². The van der Waals surface area contributed by atoms with Crippen LogP contribution in [0.1, 0.15) is 105 Å². The summed E-state index contributed by atoms with van der Waals surface area (Å²) >= 11 is 0. The first-order valence-electron chi connectivity index (χ1n) is 12.7. The summed E-state index contributed by atoms with van der Waals surface area (Å²) in [5.41, 5.74) is 2.92. The molecule has 4 aliphatic rings. The Hall–Kier alpha value is -0.810. The van der Waals surface area contributed by atoms with Crippen LogP contribution >= 0.6 is 0 Å². The quantitative estimate of drug-likeness (QED) is 0.342. The highest BCUT2D eigenvalue weighted by Gasteiger charge is 2.60. The van der Waals surface area contributed by atoms with Crippen LogP contribution in [0, 0.1) is 46.3 Å². The summed E-state index contributed by atoms with van der Waals surface area (Å²) in [6, 6.07) is 0. The summed E-state index contributed by atoms with van der Waals surface area (Å²) in [6.07, 6.45) is 17.0. The van der Waals surface area contributed by atoms with Crippen LogP contribution in [0.3, 0.4) is 0 Å². The van der Waals surface area contributed by atoms with Crippen molar-refractivity contribution in [1.82, 2.24) is 0 Å². The summed E-state index contributed by atoms with van der Waals surface area (Å²) in [5, 5.41) is 0. The molecular weight excluding hydrogens is 352 g/mol. The number of carbonyl (C=O) groups excluding carboxylic acids is 1. The molecule has 4 saturated carbocycles. The summed E-state index contributed by atoms with van der Waals surface area (Å²) < 4.78 is 0. The van der Waals surface area contributed by atoms with E-state index in [-0.39, 0.29) is 0 Å². The minimum Gasteiger partial charge on any atom is -0.233 e. The highest BCUT2D eigenvalue weighted by Crippen LogP contribution is 2.68. The van der Waals surface area contributed by atoms with Crippen molar-refractivity contribution in [2.45, 2.75) is 105 Å². The molecule has 0 radical (unpaired) electrons. The lowest BCUT2D eigenvalue weighted by Crippen LogP contribution is -2.53. The normalized spacial score (nSPS) is 44.8. The smallest absolute Gasteiger partial charge is 0.127 e. The number of hydrogen-bond donors (Lipinski definition) is 0. The van der Waals surface area contributed by atoms with E-state index in [9.17, 15) is 4.79 Å². The second-order valence-electron chi connectivity index (χ2n) is 12.0. The van der Waals surface area contributed by atoms with E-state index in [1.54, 1.807) is 0 Å². The topological polar surface area (TPSA) is 17.1 Å². The Labute approximate surface area is 179 Å². The molecule has 4 fully saturated rings. The molecule has 1 heteroatoms. The van der Waals surface area contributed by atoms with E-state index >= 15 is 0 Å². The van der Waals surface area contributed by atoms with Gasteiger partial charge in [0.25, 0.3) is 0 Å². The maximum atomic E-state index is 10.9. The zero-order chi connectivity index (χ0) is 20.8. The van der Waals surface area contributed by atoms with Crippen molar-refractivity contribution >= 4 is 5.94 Å². The van der Waals surface area contributed by atoms with Crippen LogP contribution in [-0.2, 0) is 4.79 Å². The molecule has 0 aliphatic heterocycles. The third kappa shape index (κ3) is 3.50. The van der Waals surface area contributed by atoms with Gasteiger partial charge in [0, 0.05) is 5.57 Å². The highest BCUT2D eigenvalue weighted by molar-refractivity contribution is 5.58. The van der Waals surface area contributed by atoms with Gasteiger partial charge >= 0.3 is 0 Å². The molecule has 0 aromatic heterocycles. The largest absolute Gasteiger partial charge is 0.233 e. The Morgan fingerprint density at radius 3 is 2.52 bits per heavy atom. The molecule has 4 aliphatic carbocycles. The van der Waals surface area contributed by atoms with Crippen LogP contribution in [0.25, 0.3) is 0 Å². The van der Waals surface area contributed by atoms with Gasteiger partial charge in [-0.05, 0) is 123 Å². The highest BCUT2D eigenvalue weighted by atomic mass is 16.1. The van der Waals surface area contributed by atoms with Gasteiger partial charge in [0.2, 0.25) is 0 Å². The summed E-state index contributed by atoms with van der Waals surface area (Å²) in [5.74, 6) is 7.63. The van der Waals surface area contributed by atoms with E-state index in [2.05, 4.69) is 27.4 Å². The molecule has 0 heterocycles. The molecule has 29 heavy (non-hydrogen) atoms. The maximum absolute atomic E-state index is 10.9. The average molecular weight is 397 g/mol. The number of rotatable bonds is 5. The van der Waals surface area contributed by atoms with Crippen LogP contribution in [0.4, 0.5) is 0 Å². The molecule has 0 N–H and O–H groups in total. The molecule has 0 spiro atoms. The molecule has 0 aromatic carbocycles. The van der Waals surface area contributed by atoms with E-state index in [0.29, 0.717) is 16.4 Å². The first-order valence-corrected chi connectivity index (χ1v) is 12.7. The first kappa shape index (κ1) is 21.4. The Balaban J connectivity index is 1.46. The van der Waals surface area contributed by atoms with E-state index < -0.39 is 0 Å². The third-order valence-electron chi connectivity index (χ3n) is 10.9. The second-order valence-corrected chi connectivity index (χ2v) is 12.0. The summed E-state index contributed by atoms with van der Waals surface area (Å²) in [7, 11) is 0. The second kappa shape index (κ2) is 8.03. The number of fused-ring (bicyclic) bond motifs is 5. The third-order valence-corrected chi connectivity index (χ3v) is 10.9. The van der Waals surface area contributed by atoms with Crippen molar-refractivity contribution in [2.75, 3.05) is 0 Å². The Morgan fingerprint density at radius 1 is 1.00 bits per heavy atom. The summed E-state index contributed by atoms with van der Waals surface area (Å²) in [6.45, 7) is 13.8. The van der Waals surface area contributed by atoms with Crippen molar-refractivity contribution in [3.63, 3.8) is 0 Å². The molecule has 0 aromatic rings.